The fourth-order valence-electron chi connectivity index (χ4n) is 1.90. The lowest BCUT2D eigenvalue weighted by Crippen LogP contribution is -2.43. The van der Waals surface area contributed by atoms with Gasteiger partial charge in [0.1, 0.15) is 0 Å². The van der Waals surface area contributed by atoms with Crippen molar-refractivity contribution < 1.29 is 0 Å². The first-order chi connectivity index (χ1) is 7.26. The minimum atomic E-state index is 0.446. The van der Waals surface area contributed by atoms with Gasteiger partial charge in [0, 0.05) is 28.4 Å². The van der Waals surface area contributed by atoms with Crippen molar-refractivity contribution in [1.82, 2.24) is 10.3 Å². The molecule has 1 aromatic rings. The molecule has 0 radical (unpaired) electrons. The number of hydrogen-bond acceptors (Lipinski definition) is 4. The van der Waals surface area contributed by atoms with Gasteiger partial charge < -0.3 is 5.32 Å². The van der Waals surface area contributed by atoms with Crippen LogP contribution in [0.5, 0.6) is 0 Å². The van der Waals surface area contributed by atoms with Crippen LogP contribution in [0.25, 0.3) is 0 Å². The SMILES string of the molecule is CSC1(CNC(C)c2cncs2)CCC1. The zero-order valence-corrected chi connectivity index (χ0v) is 11.0. The Hall–Kier alpha value is -0.0600. The van der Waals surface area contributed by atoms with Gasteiger partial charge in [-0.1, -0.05) is 6.42 Å². The maximum absolute atomic E-state index is 4.12. The topological polar surface area (TPSA) is 24.9 Å². The highest BCUT2D eigenvalue weighted by atomic mass is 32.2. The van der Waals surface area contributed by atoms with E-state index in [1.807, 2.05) is 23.5 Å². The summed E-state index contributed by atoms with van der Waals surface area (Å²) in [5, 5.41) is 3.63. The highest BCUT2D eigenvalue weighted by molar-refractivity contribution is 8.00. The third-order valence-electron chi connectivity index (χ3n) is 3.31. The highest BCUT2D eigenvalue weighted by Gasteiger charge is 2.35. The number of rotatable bonds is 5. The van der Waals surface area contributed by atoms with Gasteiger partial charge in [-0.2, -0.15) is 11.8 Å². The lowest BCUT2D eigenvalue weighted by atomic mass is 9.84. The van der Waals surface area contributed by atoms with Gasteiger partial charge in [-0.25, -0.2) is 0 Å². The second-order valence-electron chi connectivity index (χ2n) is 4.25. The van der Waals surface area contributed by atoms with Crippen LogP contribution in [0.3, 0.4) is 0 Å². The van der Waals surface area contributed by atoms with Crippen LogP contribution in [0.1, 0.15) is 37.1 Å². The Balaban J connectivity index is 1.82. The van der Waals surface area contributed by atoms with E-state index >= 15 is 0 Å². The number of nitrogens with zero attached hydrogens (tertiary/aromatic N) is 1. The standard InChI is InChI=1S/C11H18N2S2/c1-9(10-6-12-8-15-10)13-7-11(14-2)4-3-5-11/h6,8-9,13H,3-5,7H2,1-2H3. The van der Waals surface area contributed by atoms with Gasteiger partial charge in [-0.3, -0.25) is 4.98 Å². The van der Waals surface area contributed by atoms with Crippen molar-refractivity contribution >= 4 is 23.1 Å². The molecule has 1 atom stereocenters. The van der Waals surface area contributed by atoms with E-state index in [-0.39, 0.29) is 0 Å². The molecule has 0 saturated heterocycles. The van der Waals surface area contributed by atoms with E-state index in [2.05, 4.69) is 23.5 Å². The summed E-state index contributed by atoms with van der Waals surface area (Å²) in [5.41, 5.74) is 1.90. The molecule has 1 unspecified atom stereocenters. The Morgan fingerprint density at radius 3 is 2.93 bits per heavy atom. The molecule has 2 nitrogen and oxygen atoms in total. The Bertz CT molecular complexity index is 288. The molecule has 1 fully saturated rings. The van der Waals surface area contributed by atoms with Crippen molar-refractivity contribution in [2.24, 2.45) is 0 Å². The van der Waals surface area contributed by atoms with E-state index in [1.165, 1.54) is 24.1 Å². The molecule has 1 saturated carbocycles. The van der Waals surface area contributed by atoms with E-state index in [4.69, 9.17) is 0 Å². The summed E-state index contributed by atoms with van der Waals surface area (Å²) in [6.07, 6.45) is 8.34. The van der Waals surface area contributed by atoms with Crippen molar-refractivity contribution in [1.29, 1.82) is 0 Å². The molecule has 1 N–H and O–H groups in total. The molecule has 0 bridgehead atoms. The average molecular weight is 242 g/mol. The lowest BCUT2D eigenvalue weighted by Gasteiger charge is -2.41. The van der Waals surface area contributed by atoms with Gasteiger partial charge in [0.05, 0.1) is 5.51 Å². The van der Waals surface area contributed by atoms with E-state index < -0.39 is 0 Å². The van der Waals surface area contributed by atoms with E-state index in [9.17, 15) is 0 Å². The van der Waals surface area contributed by atoms with Crippen LogP contribution in [0.4, 0.5) is 0 Å². The number of nitrogens with one attached hydrogen (secondary N) is 1. The largest absolute Gasteiger partial charge is 0.308 e. The summed E-state index contributed by atoms with van der Waals surface area (Å²) in [6.45, 7) is 3.35. The number of thioether (sulfide) groups is 1. The summed E-state index contributed by atoms with van der Waals surface area (Å²) < 4.78 is 0.527. The first-order valence-electron chi connectivity index (χ1n) is 5.43. The van der Waals surface area contributed by atoms with Crippen molar-refractivity contribution in [2.45, 2.75) is 37.0 Å². The van der Waals surface area contributed by atoms with Crippen LogP contribution in [0, 0.1) is 0 Å². The highest BCUT2D eigenvalue weighted by Crippen LogP contribution is 2.42. The minimum Gasteiger partial charge on any atom is -0.308 e. The molecule has 1 aliphatic rings. The molecule has 0 spiro atoms. The third kappa shape index (κ3) is 2.55. The maximum Gasteiger partial charge on any atom is 0.0794 e. The third-order valence-corrected chi connectivity index (χ3v) is 5.68. The van der Waals surface area contributed by atoms with Gasteiger partial charge in [-0.05, 0) is 26.0 Å². The van der Waals surface area contributed by atoms with Gasteiger partial charge in [0.25, 0.3) is 0 Å². The van der Waals surface area contributed by atoms with Crippen LogP contribution < -0.4 is 5.32 Å². The van der Waals surface area contributed by atoms with Crippen molar-refractivity contribution in [3.63, 3.8) is 0 Å². The molecular weight excluding hydrogens is 224 g/mol. The molecule has 0 amide bonds. The molecule has 2 rings (SSSR count). The Labute approximate surface area is 99.9 Å². The molecule has 1 aliphatic carbocycles. The zero-order valence-electron chi connectivity index (χ0n) is 9.32. The van der Waals surface area contributed by atoms with Crippen LogP contribution in [0.2, 0.25) is 0 Å². The van der Waals surface area contributed by atoms with E-state index in [0.717, 1.165) is 6.54 Å². The Kier molecular flexibility index (Phi) is 3.69. The van der Waals surface area contributed by atoms with Crippen molar-refractivity contribution in [3.8, 4) is 0 Å². The molecule has 0 aromatic carbocycles. The summed E-state index contributed by atoms with van der Waals surface area (Å²) in [6, 6.07) is 0.446. The van der Waals surface area contributed by atoms with Crippen LogP contribution in [-0.2, 0) is 0 Å². The fourth-order valence-corrected chi connectivity index (χ4v) is 3.48. The minimum absolute atomic E-state index is 0.446. The summed E-state index contributed by atoms with van der Waals surface area (Å²) >= 11 is 3.76. The summed E-state index contributed by atoms with van der Waals surface area (Å²) in [4.78, 5) is 5.45. The van der Waals surface area contributed by atoms with Crippen molar-refractivity contribution in [3.05, 3.63) is 16.6 Å². The number of aromatic nitrogens is 1. The van der Waals surface area contributed by atoms with E-state index in [1.54, 1.807) is 11.3 Å². The number of hydrogen-bond donors (Lipinski definition) is 1. The molecular formula is C11H18N2S2. The second-order valence-corrected chi connectivity index (χ2v) is 6.44. The molecule has 1 aromatic heterocycles. The first-order valence-corrected chi connectivity index (χ1v) is 7.53. The first kappa shape index (κ1) is 11.4. The Morgan fingerprint density at radius 1 is 1.67 bits per heavy atom. The van der Waals surface area contributed by atoms with Gasteiger partial charge in [0.15, 0.2) is 0 Å². The van der Waals surface area contributed by atoms with Crippen LogP contribution in [0.15, 0.2) is 11.7 Å². The average Bonchev–Trinajstić information content (AvgIpc) is 2.69. The predicted octanol–water partition coefficient (Wildman–Crippen LogP) is 3.08. The predicted molar refractivity (Wildman–Crippen MR) is 68.6 cm³/mol. The molecule has 0 aliphatic heterocycles. The number of thiazole rings is 1. The summed E-state index contributed by atoms with van der Waals surface area (Å²) in [5.74, 6) is 0. The zero-order chi connectivity index (χ0) is 10.7. The van der Waals surface area contributed by atoms with E-state index in [0.29, 0.717) is 10.8 Å². The van der Waals surface area contributed by atoms with Crippen LogP contribution in [-0.4, -0.2) is 22.5 Å². The monoisotopic (exact) mass is 242 g/mol. The molecule has 15 heavy (non-hydrogen) atoms. The lowest BCUT2D eigenvalue weighted by molar-refractivity contribution is 0.335. The Morgan fingerprint density at radius 2 is 2.47 bits per heavy atom. The van der Waals surface area contributed by atoms with Gasteiger partial charge in [0.2, 0.25) is 0 Å². The smallest absolute Gasteiger partial charge is 0.0794 e. The summed E-state index contributed by atoms with van der Waals surface area (Å²) in [7, 11) is 0. The quantitative estimate of drug-likeness (QED) is 0.859. The maximum atomic E-state index is 4.12. The second kappa shape index (κ2) is 4.85. The molecule has 1 heterocycles. The molecule has 84 valence electrons. The van der Waals surface area contributed by atoms with Gasteiger partial charge in [-0.15, -0.1) is 11.3 Å². The van der Waals surface area contributed by atoms with Crippen molar-refractivity contribution in [2.75, 3.05) is 12.8 Å². The normalized spacial score (nSPS) is 20.9. The van der Waals surface area contributed by atoms with Crippen LogP contribution >= 0.6 is 23.1 Å². The fraction of sp³-hybridized carbons (Fsp3) is 0.727. The molecule has 4 heteroatoms. The van der Waals surface area contributed by atoms with Gasteiger partial charge >= 0.3 is 0 Å².